The summed E-state index contributed by atoms with van der Waals surface area (Å²) in [5.41, 5.74) is 1.68. The first-order chi connectivity index (χ1) is 11.6. The zero-order valence-electron chi connectivity index (χ0n) is 14.5. The number of carbonyl (C=O) groups excluding carboxylic acids is 1. The number of nitrogens with zero attached hydrogens (tertiary/aromatic N) is 2. The van der Waals surface area contributed by atoms with Crippen LogP contribution in [-0.4, -0.2) is 68.1 Å². The molecule has 0 bridgehead atoms. The van der Waals surface area contributed by atoms with Crippen LogP contribution in [0.1, 0.15) is 23.4 Å². The van der Waals surface area contributed by atoms with Gasteiger partial charge in [-0.3, -0.25) is 9.69 Å². The smallest absolute Gasteiger partial charge is 0.224 e. The Hall–Kier alpha value is -1.44. The van der Waals surface area contributed by atoms with Crippen molar-refractivity contribution in [3.8, 4) is 0 Å². The second-order valence-electron chi connectivity index (χ2n) is 6.62. The highest BCUT2D eigenvalue weighted by Crippen LogP contribution is 2.22. The van der Waals surface area contributed by atoms with Gasteiger partial charge < -0.3 is 19.3 Å². The summed E-state index contributed by atoms with van der Waals surface area (Å²) in [7, 11) is 0. The Labute approximate surface area is 142 Å². The largest absolute Gasteiger partial charge is 0.381 e. The highest BCUT2D eigenvalue weighted by molar-refractivity contribution is 5.79. The molecule has 2 fully saturated rings. The van der Waals surface area contributed by atoms with E-state index in [2.05, 4.69) is 15.4 Å². The number of hydrogen-bond donors (Lipinski definition) is 1. The Kier molecular flexibility index (Phi) is 5.86. The molecule has 2 saturated heterocycles. The highest BCUT2D eigenvalue weighted by Gasteiger charge is 2.31. The fraction of sp³-hybridized carbons (Fsp3) is 0.765. The van der Waals surface area contributed by atoms with Crippen molar-refractivity contribution in [3.05, 3.63) is 17.0 Å². The van der Waals surface area contributed by atoms with Gasteiger partial charge in [0.1, 0.15) is 5.76 Å². The molecule has 3 heterocycles. The predicted octanol–water partition coefficient (Wildman–Crippen LogP) is 0.687. The van der Waals surface area contributed by atoms with Crippen LogP contribution in [-0.2, 0) is 20.7 Å². The van der Waals surface area contributed by atoms with Crippen molar-refractivity contribution in [1.29, 1.82) is 0 Å². The van der Waals surface area contributed by atoms with Crippen molar-refractivity contribution in [2.75, 3.05) is 46.1 Å². The normalized spacial score (nSPS) is 23.3. The van der Waals surface area contributed by atoms with Gasteiger partial charge in [-0.15, -0.1) is 0 Å². The van der Waals surface area contributed by atoms with Crippen LogP contribution in [0.25, 0.3) is 0 Å². The van der Waals surface area contributed by atoms with Crippen molar-refractivity contribution in [1.82, 2.24) is 15.4 Å². The summed E-state index contributed by atoms with van der Waals surface area (Å²) in [4.78, 5) is 14.8. The van der Waals surface area contributed by atoms with E-state index in [9.17, 15) is 4.79 Å². The van der Waals surface area contributed by atoms with E-state index < -0.39 is 0 Å². The Morgan fingerprint density at radius 3 is 2.71 bits per heavy atom. The fourth-order valence-electron chi connectivity index (χ4n) is 3.55. The number of rotatable bonds is 6. The van der Waals surface area contributed by atoms with Crippen molar-refractivity contribution in [3.63, 3.8) is 0 Å². The fourth-order valence-corrected chi connectivity index (χ4v) is 3.55. The molecule has 0 saturated carbocycles. The Balaban J connectivity index is 1.57. The van der Waals surface area contributed by atoms with Crippen LogP contribution in [0.4, 0.5) is 0 Å². The van der Waals surface area contributed by atoms with E-state index in [0.29, 0.717) is 24.9 Å². The molecule has 2 aliphatic rings. The number of hydrogen-bond acceptors (Lipinski definition) is 6. The zero-order valence-corrected chi connectivity index (χ0v) is 14.5. The maximum Gasteiger partial charge on any atom is 0.224 e. The number of ether oxygens (including phenoxy) is 2. The van der Waals surface area contributed by atoms with Crippen LogP contribution in [0.15, 0.2) is 4.52 Å². The van der Waals surface area contributed by atoms with Crippen molar-refractivity contribution in [2.24, 2.45) is 5.92 Å². The second kappa shape index (κ2) is 8.09. The first kappa shape index (κ1) is 17.4. The van der Waals surface area contributed by atoms with E-state index in [-0.39, 0.29) is 5.91 Å². The topological polar surface area (TPSA) is 76.8 Å². The van der Waals surface area contributed by atoms with E-state index in [1.165, 1.54) is 0 Å². The van der Waals surface area contributed by atoms with Gasteiger partial charge in [0.25, 0.3) is 0 Å². The Bertz CT molecular complexity index is 529. The maximum absolute atomic E-state index is 12.4. The summed E-state index contributed by atoms with van der Waals surface area (Å²) in [6, 6.07) is 0.310. The third-order valence-corrected chi connectivity index (χ3v) is 5.05. The second-order valence-corrected chi connectivity index (χ2v) is 6.62. The lowest BCUT2D eigenvalue weighted by molar-refractivity contribution is -0.121. The molecule has 7 nitrogen and oxygen atoms in total. The predicted molar refractivity (Wildman–Crippen MR) is 87.8 cm³/mol. The number of morpholine rings is 1. The molecule has 2 aliphatic heterocycles. The van der Waals surface area contributed by atoms with Crippen LogP contribution < -0.4 is 5.32 Å². The number of aryl methyl sites for hydroxylation is 2. The van der Waals surface area contributed by atoms with E-state index in [0.717, 1.165) is 63.0 Å². The average molecular weight is 337 g/mol. The molecule has 1 aromatic rings. The molecule has 0 unspecified atom stereocenters. The Morgan fingerprint density at radius 2 is 2.08 bits per heavy atom. The summed E-state index contributed by atoms with van der Waals surface area (Å²) < 4.78 is 16.1. The van der Waals surface area contributed by atoms with Crippen LogP contribution in [0.5, 0.6) is 0 Å². The molecule has 1 N–H and O–H groups in total. The molecular weight excluding hydrogens is 310 g/mol. The van der Waals surface area contributed by atoms with Gasteiger partial charge in [0.2, 0.25) is 5.91 Å². The molecule has 2 atom stereocenters. The minimum absolute atomic E-state index is 0.0153. The van der Waals surface area contributed by atoms with Gasteiger partial charge >= 0.3 is 0 Å². The molecule has 0 aliphatic carbocycles. The minimum Gasteiger partial charge on any atom is -0.381 e. The lowest BCUT2D eigenvalue weighted by Gasteiger charge is -2.37. The molecule has 0 spiro atoms. The van der Waals surface area contributed by atoms with E-state index in [4.69, 9.17) is 14.0 Å². The summed E-state index contributed by atoms with van der Waals surface area (Å²) in [6.07, 6.45) is 1.37. The first-order valence-corrected chi connectivity index (χ1v) is 8.73. The summed E-state index contributed by atoms with van der Waals surface area (Å²) in [5, 5.41) is 7.01. The van der Waals surface area contributed by atoms with Gasteiger partial charge in [0.05, 0.1) is 31.9 Å². The van der Waals surface area contributed by atoms with Gasteiger partial charge in [-0.1, -0.05) is 5.16 Å². The summed E-state index contributed by atoms with van der Waals surface area (Å²) >= 11 is 0. The monoisotopic (exact) mass is 337 g/mol. The molecule has 134 valence electrons. The van der Waals surface area contributed by atoms with Gasteiger partial charge in [0, 0.05) is 43.8 Å². The molecule has 0 radical (unpaired) electrons. The van der Waals surface area contributed by atoms with Gasteiger partial charge in [-0.05, 0) is 20.3 Å². The molecule has 0 aromatic carbocycles. The number of aromatic nitrogens is 1. The SMILES string of the molecule is Cc1noc(C)c1CC(=O)NC[C@H]([C@H]1CCOC1)N1CCOCC1. The standard InChI is InChI=1S/C17H27N3O4/c1-12-15(13(2)24-19-12)9-17(21)18-10-16(14-3-6-23-11-14)20-4-7-22-8-5-20/h14,16H,3-11H2,1-2H3,(H,18,21)/t14-,16+/m0/s1. The third-order valence-electron chi connectivity index (χ3n) is 5.05. The van der Waals surface area contributed by atoms with Crippen LogP contribution in [0.2, 0.25) is 0 Å². The lowest BCUT2D eigenvalue weighted by atomic mass is 9.96. The summed E-state index contributed by atoms with van der Waals surface area (Å²) in [6.45, 7) is 9.31. The molecular formula is C17H27N3O4. The quantitative estimate of drug-likeness (QED) is 0.823. The van der Waals surface area contributed by atoms with E-state index >= 15 is 0 Å². The number of carbonyl (C=O) groups is 1. The van der Waals surface area contributed by atoms with Gasteiger partial charge in [0.15, 0.2) is 0 Å². The average Bonchev–Trinajstić information content (AvgIpc) is 3.22. The van der Waals surface area contributed by atoms with Gasteiger partial charge in [-0.25, -0.2) is 0 Å². The van der Waals surface area contributed by atoms with Gasteiger partial charge in [-0.2, -0.15) is 0 Å². The molecule has 7 heteroatoms. The Morgan fingerprint density at radius 1 is 1.29 bits per heavy atom. The van der Waals surface area contributed by atoms with Crippen LogP contribution >= 0.6 is 0 Å². The third kappa shape index (κ3) is 4.15. The molecule has 24 heavy (non-hydrogen) atoms. The summed E-state index contributed by atoms with van der Waals surface area (Å²) in [5.74, 6) is 1.21. The minimum atomic E-state index is 0.0153. The van der Waals surface area contributed by atoms with E-state index in [1.54, 1.807) is 0 Å². The number of amides is 1. The zero-order chi connectivity index (χ0) is 16.9. The van der Waals surface area contributed by atoms with Crippen molar-refractivity contribution < 1.29 is 18.8 Å². The highest BCUT2D eigenvalue weighted by atomic mass is 16.5. The lowest BCUT2D eigenvalue weighted by Crippen LogP contribution is -2.52. The number of nitrogens with one attached hydrogen (secondary N) is 1. The maximum atomic E-state index is 12.4. The molecule has 1 aromatic heterocycles. The van der Waals surface area contributed by atoms with Crippen molar-refractivity contribution in [2.45, 2.75) is 32.7 Å². The molecule has 1 amide bonds. The van der Waals surface area contributed by atoms with E-state index in [1.807, 2.05) is 13.8 Å². The van der Waals surface area contributed by atoms with Crippen molar-refractivity contribution >= 4 is 5.91 Å². The molecule has 3 rings (SSSR count). The van der Waals surface area contributed by atoms with Crippen LogP contribution in [0.3, 0.4) is 0 Å². The first-order valence-electron chi connectivity index (χ1n) is 8.73. The van der Waals surface area contributed by atoms with Crippen LogP contribution in [0, 0.1) is 19.8 Å².